The maximum Gasteiger partial charge on any atom is 0.241 e. The topological polar surface area (TPSA) is 66.9 Å². The number of piperazine rings is 1. The summed E-state index contributed by atoms with van der Waals surface area (Å²) in [5, 5.41) is 0. The van der Waals surface area contributed by atoms with E-state index in [1.165, 1.54) is 12.1 Å². The molecule has 2 aliphatic heterocycles. The molecule has 2 saturated heterocycles. The Kier molecular flexibility index (Phi) is 5.31. The third-order valence-corrected chi connectivity index (χ3v) is 7.35. The van der Waals surface area contributed by atoms with Gasteiger partial charge in [-0.25, -0.2) is 12.8 Å². The average Bonchev–Trinajstić information content (AvgIpc) is 3.02. The molecule has 0 unspecified atom stereocenters. The highest BCUT2D eigenvalue weighted by atomic mass is 32.2. The van der Waals surface area contributed by atoms with Gasteiger partial charge < -0.3 is 9.64 Å². The molecule has 2 heterocycles. The van der Waals surface area contributed by atoms with Crippen molar-refractivity contribution in [1.29, 1.82) is 0 Å². The summed E-state index contributed by atoms with van der Waals surface area (Å²) < 4.78 is 43.1. The number of sulfone groups is 1. The van der Waals surface area contributed by atoms with Crippen molar-refractivity contribution >= 4 is 21.4 Å². The Hall–Kier alpha value is -2.45. The van der Waals surface area contributed by atoms with E-state index in [1.54, 1.807) is 48.4 Å². The summed E-state index contributed by atoms with van der Waals surface area (Å²) in [5.41, 5.74) is 1.63. The number of nitrogens with zero attached hydrogens (tertiary/aromatic N) is 2. The van der Waals surface area contributed by atoms with Gasteiger partial charge in [-0.2, -0.15) is 0 Å². The van der Waals surface area contributed by atoms with Crippen LogP contribution in [0.4, 0.5) is 10.1 Å². The number of anilines is 1. The second-order valence-electron chi connectivity index (χ2n) is 7.52. The number of carbonyl (C=O) groups excluding carboxylic acids is 1. The molecule has 8 heteroatoms. The van der Waals surface area contributed by atoms with E-state index in [4.69, 9.17) is 4.74 Å². The Morgan fingerprint density at radius 3 is 2.34 bits per heavy atom. The number of ether oxygens (including phenoxy) is 1. The van der Waals surface area contributed by atoms with Crippen molar-refractivity contribution in [2.24, 2.45) is 0 Å². The molecule has 0 bridgehead atoms. The Morgan fingerprint density at radius 1 is 1.03 bits per heavy atom. The van der Waals surface area contributed by atoms with Gasteiger partial charge in [0, 0.05) is 18.3 Å². The molecular formula is C21H23FN2O4S. The summed E-state index contributed by atoms with van der Waals surface area (Å²) >= 11 is 0. The molecule has 4 rings (SSSR count). The second kappa shape index (κ2) is 7.76. The van der Waals surface area contributed by atoms with Gasteiger partial charge in [-0.1, -0.05) is 12.1 Å². The van der Waals surface area contributed by atoms with E-state index < -0.39 is 15.9 Å². The van der Waals surface area contributed by atoms with Crippen LogP contribution in [0.5, 0.6) is 5.75 Å². The highest BCUT2D eigenvalue weighted by molar-refractivity contribution is 7.91. The molecule has 6 nitrogen and oxygen atoms in total. The quantitative estimate of drug-likeness (QED) is 0.742. The van der Waals surface area contributed by atoms with Crippen molar-refractivity contribution < 1.29 is 22.3 Å². The molecule has 154 valence electrons. The van der Waals surface area contributed by atoms with Gasteiger partial charge in [-0.15, -0.1) is 0 Å². The van der Waals surface area contributed by atoms with Crippen molar-refractivity contribution in [3.63, 3.8) is 0 Å². The summed E-state index contributed by atoms with van der Waals surface area (Å²) in [6, 6.07) is 12.7. The normalized spacial score (nSPS) is 23.8. The predicted octanol–water partition coefficient (Wildman–Crippen LogP) is 1.89. The first-order valence-corrected chi connectivity index (χ1v) is 11.3. The zero-order valence-corrected chi connectivity index (χ0v) is 16.9. The summed E-state index contributed by atoms with van der Waals surface area (Å²) in [7, 11) is -1.67. The number of hydrogen-bond donors (Lipinski definition) is 0. The molecule has 2 fully saturated rings. The smallest absolute Gasteiger partial charge is 0.241 e. The fraction of sp³-hybridized carbons (Fsp3) is 0.381. The van der Waals surface area contributed by atoms with Crippen LogP contribution in [0.1, 0.15) is 5.56 Å². The van der Waals surface area contributed by atoms with Crippen LogP contribution >= 0.6 is 0 Å². The van der Waals surface area contributed by atoms with Gasteiger partial charge in [0.05, 0.1) is 31.2 Å². The zero-order valence-electron chi connectivity index (χ0n) is 16.1. The summed E-state index contributed by atoms with van der Waals surface area (Å²) in [6.07, 6.45) is 0.624. The molecule has 2 aliphatic rings. The number of rotatable bonds is 5. The Balaban J connectivity index is 1.56. The summed E-state index contributed by atoms with van der Waals surface area (Å²) in [4.78, 5) is 16.6. The number of halogens is 1. The van der Waals surface area contributed by atoms with Crippen LogP contribution in [-0.2, 0) is 21.1 Å². The van der Waals surface area contributed by atoms with Crippen molar-refractivity contribution in [1.82, 2.24) is 4.90 Å². The first kappa shape index (κ1) is 19.8. The van der Waals surface area contributed by atoms with Crippen LogP contribution in [-0.4, -0.2) is 63.0 Å². The van der Waals surface area contributed by atoms with E-state index in [2.05, 4.69) is 0 Å². The summed E-state index contributed by atoms with van der Waals surface area (Å²) in [5.74, 6) is 0.269. The van der Waals surface area contributed by atoms with E-state index in [1.807, 2.05) is 4.90 Å². The Labute approximate surface area is 169 Å². The van der Waals surface area contributed by atoms with Crippen LogP contribution in [0.3, 0.4) is 0 Å². The van der Waals surface area contributed by atoms with Crippen LogP contribution in [0.2, 0.25) is 0 Å². The van der Waals surface area contributed by atoms with Crippen LogP contribution in [0, 0.1) is 5.82 Å². The van der Waals surface area contributed by atoms with Gasteiger partial charge >= 0.3 is 0 Å². The first-order valence-electron chi connectivity index (χ1n) is 9.51. The lowest BCUT2D eigenvalue weighted by molar-refractivity contribution is -0.123. The number of hydrogen-bond acceptors (Lipinski definition) is 5. The highest BCUT2D eigenvalue weighted by Crippen LogP contribution is 2.32. The van der Waals surface area contributed by atoms with Crippen molar-refractivity contribution in [3.05, 3.63) is 59.9 Å². The van der Waals surface area contributed by atoms with Crippen LogP contribution < -0.4 is 9.64 Å². The van der Waals surface area contributed by atoms with Gasteiger partial charge in [0.25, 0.3) is 0 Å². The average molecular weight is 418 g/mol. The minimum atomic E-state index is -3.24. The van der Waals surface area contributed by atoms with E-state index in [-0.39, 0.29) is 35.8 Å². The van der Waals surface area contributed by atoms with Crippen LogP contribution in [0.15, 0.2) is 48.5 Å². The first-order chi connectivity index (χ1) is 13.9. The van der Waals surface area contributed by atoms with E-state index in [0.29, 0.717) is 24.4 Å². The SMILES string of the molecule is COc1ccc(N2C(=O)CN(CCc3ccc(F)cc3)[C@H]3CS(=O)(=O)C[C@@H]32)cc1. The molecule has 0 aliphatic carbocycles. The lowest BCUT2D eigenvalue weighted by Crippen LogP contribution is -2.62. The maximum absolute atomic E-state index is 13.1. The minimum absolute atomic E-state index is 0.0392. The maximum atomic E-state index is 13.1. The Bertz CT molecular complexity index is 992. The molecule has 2 atom stereocenters. The van der Waals surface area contributed by atoms with Gasteiger partial charge in [0.15, 0.2) is 9.84 Å². The number of carbonyl (C=O) groups is 1. The van der Waals surface area contributed by atoms with E-state index in [9.17, 15) is 17.6 Å². The number of amides is 1. The molecule has 0 N–H and O–H groups in total. The number of fused-ring (bicyclic) bond motifs is 1. The molecule has 2 aromatic carbocycles. The van der Waals surface area contributed by atoms with Gasteiger partial charge in [0.1, 0.15) is 11.6 Å². The van der Waals surface area contributed by atoms with Gasteiger partial charge in [-0.05, 0) is 48.4 Å². The zero-order chi connectivity index (χ0) is 20.6. The van der Waals surface area contributed by atoms with E-state index >= 15 is 0 Å². The number of benzene rings is 2. The lowest BCUT2D eigenvalue weighted by Gasteiger charge is -2.43. The van der Waals surface area contributed by atoms with E-state index in [0.717, 1.165) is 5.56 Å². The molecule has 2 aromatic rings. The highest BCUT2D eigenvalue weighted by Gasteiger charge is 2.49. The minimum Gasteiger partial charge on any atom is -0.497 e. The van der Waals surface area contributed by atoms with Gasteiger partial charge in [-0.3, -0.25) is 9.69 Å². The van der Waals surface area contributed by atoms with Gasteiger partial charge in [0.2, 0.25) is 5.91 Å². The molecule has 0 spiro atoms. The Morgan fingerprint density at radius 2 is 1.69 bits per heavy atom. The molecule has 0 radical (unpaired) electrons. The van der Waals surface area contributed by atoms with Crippen molar-refractivity contribution in [3.8, 4) is 5.75 Å². The number of methoxy groups -OCH3 is 1. The molecular weight excluding hydrogens is 395 g/mol. The molecule has 0 aromatic heterocycles. The lowest BCUT2D eigenvalue weighted by atomic mass is 10.0. The second-order valence-corrected chi connectivity index (χ2v) is 9.67. The standard InChI is InChI=1S/C21H23FN2O4S/c1-28-18-8-6-17(7-9-18)24-20-14-29(26,27)13-19(20)23(12-21(24)25)11-10-15-2-4-16(22)5-3-15/h2-9,19-20H,10-14H2,1H3/t19-,20-/m0/s1. The molecule has 0 saturated carbocycles. The fourth-order valence-electron chi connectivity index (χ4n) is 4.20. The van der Waals surface area contributed by atoms with Crippen molar-refractivity contribution in [2.45, 2.75) is 18.5 Å². The summed E-state index contributed by atoms with van der Waals surface area (Å²) in [6.45, 7) is 0.703. The predicted molar refractivity (Wildman–Crippen MR) is 108 cm³/mol. The molecule has 29 heavy (non-hydrogen) atoms. The van der Waals surface area contributed by atoms with Crippen LogP contribution in [0.25, 0.3) is 0 Å². The third-order valence-electron chi connectivity index (χ3n) is 5.65. The largest absolute Gasteiger partial charge is 0.497 e. The molecule has 1 amide bonds. The fourth-order valence-corrected chi connectivity index (χ4v) is 6.19. The third kappa shape index (κ3) is 4.13. The monoisotopic (exact) mass is 418 g/mol. The van der Waals surface area contributed by atoms with Crippen molar-refractivity contribution in [2.75, 3.05) is 36.6 Å².